The Balaban J connectivity index is 2.50. The van der Waals surface area contributed by atoms with Gasteiger partial charge in [0.1, 0.15) is 0 Å². The Morgan fingerprint density at radius 2 is 2.14 bits per heavy atom. The molecule has 14 heavy (non-hydrogen) atoms. The fourth-order valence-electron chi connectivity index (χ4n) is 1.65. The first kappa shape index (κ1) is 11.5. The Morgan fingerprint density at radius 3 is 2.64 bits per heavy atom. The molecule has 1 aliphatic rings. The number of ether oxygens (including phenoxy) is 1. The maximum Gasteiger partial charge on any atom is 0.223 e. The summed E-state index contributed by atoms with van der Waals surface area (Å²) in [4.78, 5) is 13.8. The van der Waals surface area contributed by atoms with Crippen molar-refractivity contribution in [3.05, 3.63) is 0 Å². The standard InChI is InChI=1S/C11H21NO2/c1-9-8-14-6-5-12(9)10(13)7-11(2,3)4/h9H,5-8H2,1-4H3. The first-order valence-corrected chi connectivity index (χ1v) is 5.27. The number of hydrogen-bond donors (Lipinski definition) is 0. The van der Waals surface area contributed by atoms with Gasteiger partial charge in [-0.3, -0.25) is 4.79 Å². The Hall–Kier alpha value is -0.570. The van der Waals surface area contributed by atoms with Crippen LogP contribution < -0.4 is 0 Å². The highest BCUT2D eigenvalue weighted by Gasteiger charge is 2.26. The van der Waals surface area contributed by atoms with Gasteiger partial charge in [0.2, 0.25) is 5.91 Å². The van der Waals surface area contributed by atoms with Crippen molar-refractivity contribution in [3.63, 3.8) is 0 Å². The largest absolute Gasteiger partial charge is 0.377 e. The van der Waals surface area contributed by atoms with Crippen molar-refractivity contribution < 1.29 is 9.53 Å². The number of rotatable bonds is 1. The molecule has 1 amide bonds. The van der Waals surface area contributed by atoms with Crippen molar-refractivity contribution in [1.29, 1.82) is 0 Å². The van der Waals surface area contributed by atoms with E-state index in [2.05, 4.69) is 20.8 Å². The number of nitrogens with zero attached hydrogens (tertiary/aromatic N) is 1. The molecule has 0 aliphatic carbocycles. The topological polar surface area (TPSA) is 29.5 Å². The lowest BCUT2D eigenvalue weighted by Gasteiger charge is -2.35. The Kier molecular flexibility index (Phi) is 3.53. The Labute approximate surface area is 86.4 Å². The molecule has 0 radical (unpaired) electrons. The summed E-state index contributed by atoms with van der Waals surface area (Å²) in [6, 6.07) is 0.235. The molecule has 0 N–H and O–H groups in total. The summed E-state index contributed by atoms with van der Waals surface area (Å²) in [5.41, 5.74) is 0.0785. The highest BCUT2D eigenvalue weighted by Crippen LogP contribution is 2.21. The van der Waals surface area contributed by atoms with Gasteiger partial charge in [-0.05, 0) is 12.3 Å². The van der Waals surface area contributed by atoms with Gasteiger partial charge in [0.05, 0.1) is 19.3 Å². The summed E-state index contributed by atoms with van der Waals surface area (Å²) in [5.74, 6) is 0.258. The number of carbonyl (C=O) groups is 1. The van der Waals surface area contributed by atoms with Crippen LogP contribution in [0.3, 0.4) is 0 Å². The minimum atomic E-state index is 0.0785. The monoisotopic (exact) mass is 199 g/mol. The van der Waals surface area contributed by atoms with Crippen LogP contribution in [0.5, 0.6) is 0 Å². The summed E-state index contributed by atoms with van der Waals surface area (Å²) in [6.45, 7) is 10.4. The quantitative estimate of drug-likeness (QED) is 0.643. The second-order valence-corrected chi connectivity index (χ2v) is 5.25. The van der Waals surface area contributed by atoms with Crippen molar-refractivity contribution in [1.82, 2.24) is 4.90 Å². The lowest BCUT2D eigenvalue weighted by molar-refractivity contribution is -0.141. The fraction of sp³-hybridized carbons (Fsp3) is 0.909. The predicted octanol–water partition coefficient (Wildman–Crippen LogP) is 1.67. The second kappa shape index (κ2) is 4.30. The van der Waals surface area contributed by atoms with Gasteiger partial charge in [-0.15, -0.1) is 0 Å². The van der Waals surface area contributed by atoms with Crippen molar-refractivity contribution in [2.45, 2.75) is 40.2 Å². The molecule has 1 fully saturated rings. The van der Waals surface area contributed by atoms with E-state index in [4.69, 9.17) is 4.74 Å². The van der Waals surface area contributed by atoms with Crippen LogP contribution in [0.15, 0.2) is 0 Å². The van der Waals surface area contributed by atoms with Crippen LogP contribution in [0.25, 0.3) is 0 Å². The summed E-state index contributed by atoms with van der Waals surface area (Å²) < 4.78 is 5.30. The van der Waals surface area contributed by atoms with E-state index in [1.165, 1.54) is 0 Å². The van der Waals surface area contributed by atoms with E-state index in [9.17, 15) is 4.79 Å². The summed E-state index contributed by atoms with van der Waals surface area (Å²) in [7, 11) is 0. The zero-order valence-corrected chi connectivity index (χ0v) is 9.67. The van der Waals surface area contributed by atoms with Gasteiger partial charge in [-0.1, -0.05) is 20.8 Å². The van der Waals surface area contributed by atoms with E-state index < -0.39 is 0 Å². The Morgan fingerprint density at radius 1 is 1.50 bits per heavy atom. The van der Waals surface area contributed by atoms with Gasteiger partial charge in [-0.25, -0.2) is 0 Å². The third-order valence-corrected chi connectivity index (χ3v) is 2.37. The summed E-state index contributed by atoms with van der Waals surface area (Å²) in [5, 5.41) is 0. The molecule has 1 aliphatic heterocycles. The minimum absolute atomic E-state index is 0.0785. The average molecular weight is 199 g/mol. The molecule has 1 heterocycles. The maximum absolute atomic E-state index is 11.9. The van der Waals surface area contributed by atoms with Crippen molar-refractivity contribution in [2.75, 3.05) is 19.8 Å². The fourth-order valence-corrected chi connectivity index (χ4v) is 1.65. The second-order valence-electron chi connectivity index (χ2n) is 5.25. The first-order chi connectivity index (χ1) is 6.40. The van der Waals surface area contributed by atoms with Crippen molar-refractivity contribution in [3.8, 4) is 0 Å². The van der Waals surface area contributed by atoms with E-state index in [1.807, 2.05) is 11.8 Å². The van der Waals surface area contributed by atoms with Gasteiger partial charge < -0.3 is 9.64 Å². The molecule has 1 unspecified atom stereocenters. The highest BCUT2D eigenvalue weighted by atomic mass is 16.5. The summed E-state index contributed by atoms with van der Waals surface area (Å²) >= 11 is 0. The van der Waals surface area contributed by atoms with Crippen LogP contribution in [0.1, 0.15) is 34.1 Å². The molecule has 82 valence electrons. The normalized spacial score (nSPS) is 23.7. The molecule has 0 saturated carbocycles. The zero-order valence-electron chi connectivity index (χ0n) is 9.67. The van der Waals surface area contributed by atoms with Crippen molar-refractivity contribution >= 4 is 5.91 Å². The van der Waals surface area contributed by atoms with Gasteiger partial charge >= 0.3 is 0 Å². The molecular formula is C11H21NO2. The zero-order chi connectivity index (χ0) is 10.8. The number of carbonyl (C=O) groups excluding carboxylic acids is 1. The van der Waals surface area contributed by atoms with Crippen LogP contribution in [0.4, 0.5) is 0 Å². The number of hydrogen-bond acceptors (Lipinski definition) is 2. The SMILES string of the molecule is CC1COCCN1C(=O)CC(C)(C)C. The molecule has 1 atom stereocenters. The van der Waals surface area contributed by atoms with E-state index in [1.54, 1.807) is 0 Å². The molecule has 3 heteroatoms. The van der Waals surface area contributed by atoms with Crippen LogP contribution in [0.2, 0.25) is 0 Å². The van der Waals surface area contributed by atoms with Crippen LogP contribution in [-0.4, -0.2) is 36.6 Å². The molecule has 1 saturated heterocycles. The van der Waals surface area contributed by atoms with Gasteiger partial charge in [0, 0.05) is 13.0 Å². The first-order valence-electron chi connectivity index (χ1n) is 5.27. The third kappa shape index (κ3) is 3.29. The van der Waals surface area contributed by atoms with Crippen LogP contribution >= 0.6 is 0 Å². The Bertz CT molecular complexity index is 208. The molecule has 0 aromatic carbocycles. The minimum Gasteiger partial charge on any atom is -0.377 e. The molecule has 0 bridgehead atoms. The van der Waals surface area contributed by atoms with E-state index in [0.717, 1.165) is 6.54 Å². The smallest absolute Gasteiger partial charge is 0.223 e. The molecule has 0 spiro atoms. The van der Waals surface area contributed by atoms with E-state index in [0.29, 0.717) is 19.6 Å². The molecule has 0 aromatic heterocycles. The lowest BCUT2D eigenvalue weighted by atomic mass is 9.91. The molecule has 3 nitrogen and oxygen atoms in total. The van der Waals surface area contributed by atoms with Crippen LogP contribution in [-0.2, 0) is 9.53 Å². The predicted molar refractivity (Wildman–Crippen MR) is 56.1 cm³/mol. The van der Waals surface area contributed by atoms with E-state index >= 15 is 0 Å². The molecule has 0 aromatic rings. The average Bonchev–Trinajstić information content (AvgIpc) is 2.01. The number of morpholine rings is 1. The van der Waals surface area contributed by atoms with Crippen LogP contribution in [0, 0.1) is 5.41 Å². The van der Waals surface area contributed by atoms with Gasteiger partial charge in [0.25, 0.3) is 0 Å². The van der Waals surface area contributed by atoms with Crippen molar-refractivity contribution in [2.24, 2.45) is 5.41 Å². The number of amides is 1. The lowest BCUT2D eigenvalue weighted by Crippen LogP contribution is -2.47. The third-order valence-electron chi connectivity index (χ3n) is 2.37. The highest BCUT2D eigenvalue weighted by molar-refractivity contribution is 5.77. The summed E-state index contributed by atoms with van der Waals surface area (Å²) in [6.07, 6.45) is 0.622. The molecule has 1 rings (SSSR count). The van der Waals surface area contributed by atoms with Gasteiger partial charge in [-0.2, -0.15) is 0 Å². The molecular weight excluding hydrogens is 178 g/mol. The maximum atomic E-state index is 11.9. The van der Waals surface area contributed by atoms with Gasteiger partial charge in [0.15, 0.2) is 0 Å². The van der Waals surface area contributed by atoms with E-state index in [-0.39, 0.29) is 17.4 Å².